The summed E-state index contributed by atoms with van der Waals surface area (Å²) in [4.78, 5) is 21.0. The van der Waals surface area contributed by atoms with Crippen LogP contribution in [0.4, 0.5) is 0 Å². The molecule has 1 aliphatic carbocycles. The molecular formula is C21H27N3O3. The number of rotatable bonds is 6. The summed E-state index contributed by atoms with van der Waals surface area (Å²) in [5, 5.41) is 3.14. The van der Waals surface area contributed by atoms with E-state index in [1.54, 1.807) is 7.11 Å². The SMILES string of the molecule is COc1cccc(CC(=O)NC2CCC(Oc3nc(C)cc(C)n3)CC2)c1. The van der Waals surface area contributed by atoms with Gasteiger partial charge in [0.25, 0.3) is 0 Å². The molecule has 1 aromatic heterocycles. The van der Waals surface area contributed by atoms with Gasteiger partial charge in [0.15, 0.2) is 0 Å². The standard InChI is InChI=1S/C21H27N3O3/c1-14-11-15(2)23-21(22-14)27-18-9-7-17(8-10-18)24-20(25)13-16-5-4-6-19(12-16)26-3/h4-6,11-12,17-18H,7-10,13H2,1-3H3,(H,24,25). The average molecular weight is 369 g/mol. The third kappa shape index (κ3) is 5.67. The van der Waals surface area contributed by atoms with Crippen LogP contribution in [0.15, 0.2) is 30.3 Å². The summed E-state index contributed by atoms with van der Waals surface area (Å²) in [5.41, 5.74) is 2.78. The predicted molar refractivity (Wildman–Crippen MR) is 103 cm³/mol. The van der Waals surface area contributed by atoms with E-state index >= 15 is 0 Å². The van der Waals surface area contributed by atoms with E-state index in [2.05, 4.69) is 15.3 Å². The molecule has 0 unspecified atom stereocenters. The summed E-state index contributed by atoms with van der Waals surface area (Å²) in [6.07, 6.45) is 4.06. The molecule has 0 spiro atoms. The number of amides is 1. The smallest absolute Gasteiger partial charge is 0.317 e. The van der Waals surface area contributed by atoms with E-state index in [0.717, 1.165) is 48.4 Å². The highest BCUT2D eigenvalue weighted by atomic mass is 16.5. The number of ether oxygens (including phenoxy) is 2. The molecule has 3 rings (SSSR count). The van der Waals surface area contributed by atoms with Crippen LogP contribution >= 0.6 is 0 Å². The zero-order valence-corrected chi connectivity index (χ0v) is 16.2. The highest BCUT2D eigenvalue weighted by Crippen LogP contribution is 2.23. The van der Waals surface area contributed by atoms with Crippen molar-refractivity contribution in [3.05, 3.63) is 47.3 Å². The molecule has 0 aliphatic heterocycles. The van der Waals surface area contributed by atoms with Gasteiger partial charge in [0.05, 0.1) is 13.5 Å². The van der Waals surface area contributed by atoms with Gasteiger partial charge in [0.2, 0.25) is 5.91 Å². The van der Waals surface area contributed by atoms with E-state index in [0.29, 0.717) is 12.4 Å². The van der Waals surface area contributed by atoms with Crippen LogP contribution in [0.5, 0.6) is 11.8 Å². The Morgan fingerprint density at radius 2 is 1.81 bits per heavy atom. The Bertz CT molecular complexity index is 766. The quantitative estimate of drug-likeness (QED) is 0.847. The van der Waals surface area contributed by atoms with Crippen LogP contribution in [-0.2, 0) is 11.2 Å². The second-order valence-corrected chi connectivity index (χ2v) is 7.12. The number of aromatic nitrogens is 2. The molecule has 1 heterocycles. The van der Waals surface area contributed by atoms with Gasteiger partial charge in [0.1, 0.15) is 11.9 Å². The number of aryl methyl sites for hydroxylation is 2. The van der Waals surface area contributed by atoms with E-state index < -0.39 is 0 Å². The number of methoxy groups -OCH3 is 1. The van der Waals surface area contributed by atoms with Crippen molar-refractivity contribution in [2.45, 2.75) is 58.1 Å². The number of hydrogen-bond donors (Lipinski definition) is 1. The second kappa shape index (κ2) is 8.84. The van der Waals surface area contributed by atoms with Crippen molar-refractivity contribution in [1.29, 1.82) is 0 Å². The summed E-state index contributed by atoms with van der Waals surface area (Å²) in [6.45, 7) is 3.88. The second-order valence-electron chi connectivity index (χ2n) is 7.12. The summed E-state index contributed by atoms with van der Waals surface area (Å²) >= 11 is 0. The van der Waals surface area contributed by atoms with Gasteiger partial charge in [-0.3, -0.25) is 4.79 Å². The molecule has 1 aliphatic rings. The molecule has 0 radical (unpaired) electrons. The molecule has 1 N–H and O–H groups in total. The highest BCUT2D eigenvalue weighted by molar-refractivity contribution is 5.79. The van der Waals surface area contributed by atoms with Crippen LogP contribution in [0.2, 0.25) is 0 Å². The molecule has 6 heteroatoms. The lowest BCUT2D eigenvalue weighted by Crippen LogP contribution is -2.40. The largest absolute Gasteiger partial charge is 0.497 e. The number of nitrogens with one attached hydrogen (secondary N) is 1. The third-order valence-corrected chi connectivity index (χ3v) is 4.77. The van der Waals surface area contributed by atoms with Crippen LogP contribution in [0.3, 0.4) is 0 Å². The summed E-state index contributed by atoms with van der Waals surface area (Å²) in [7, 11) is 1.63. The summed E-state index contributed by atoms with van der Waals surface area (Å²) < 4.78 is 11.1. The third-order valence-electron chi connectivity index (χ3n) is 4.77. The van der Waals surface area contributed by atoms with Crippen molar-refractivity contribution in [1.82, 2.24) is 15.3 Å². The Kier molecular flexibility index (Phi) is 6.27. The van der Waals surface area contributed by atoms with Gasteiger partial charge >= 0.3 is 6.01 Å². The normalized spacial score (nSPS) is 19.4. The maximum absolute atomic E-state index is 12.3. The van der Waals surface area contributed by atoms with Crippen LogP contribution < -0.4 is 14.8 Å². The van der Waals surface area contributed by atoms with Crippen LogP contribution in [0.1, 0.15) is 42.6 Å². The molecule has 0 saturated heterocycles. The van der Waals surface area contributed by atoms with Crippen molar-refractivity contribution in [2.24, 2.45) is 0 Å². The van der Waals surface area contributed by atoms with Crippen LogP contribution in [0.25, 0.3) is 0 Å². The number of carbonyl (C=O) groups is 1. The molecule has 144 valence electrons. The van der Waals surface area contributed by atoms with E-state index in [4.69, 9.17) is 9.47 Å². The van der Waals surface area contributed by atoms with Crippen molar-refractivity contribution in [3.8, 4) is 11.8 Å². The summed E-state index contributed by atoms with van der Waals surface area (Å²) in [5.74, 6) is 0.817. The Balaban J connectivity index is 1.45. The minimum atomic E-state index is 0.0465. The van der Waals surface area contributed by atoms with Gasteiger partial charge in [0, 0.05) is 17.4 Å². The van der Waals surface area contributed by atoms with Gasteiger partial charge in [-0.05, 0) is 63.3 Å². The Hall–Kier alpha value is -2.63. The van der Waals surface area contributed by atoms with Crippen molar-refractivity contribution < 1.29 is 14.3 Å². The van der Waals surface area contributed by atoms with Gasteiger partial charge < -0.3 is 14.8 Å². The van der Waals surface area contributed by atoms with E-state index in [-0.39, 0.29) is 18.1 Å². The van der Waals surface area contributed by atoms with Crippen molar-refractivity contribution >= 4 is 5.91 Å². The molecule has 1 saturated carbocycles. The average Bonchev–Trinajstić information content (AvgIpc) is 2.62. The Morgan fingerprint density at radius 3 is 2.48 bits per heavy atom. The minimum absolute atomic E-state index is 0.0465. The first-order chi connectivity index (χ1) is 13.0. The molecule has 27 heavy (non-hydrogen) atoms. The topological polar surface area (TPSA) is 73.3 Å². The molecular weight excluding hydrogens is 342 g/mol. The molecule has 6 nitrogen and oxygen atoms in total. The number of carbonyl (C=O) groups excluding carboxylic acids is 1. The lowest BCUT2D eigenvalue weighted by molar-refractivity contribution is -0.121. The highest BCUT2D eigenvalue weighted by Gasteiger charge is 2.24. The van der Waals surface area contributed by atoms with Crippen molar-refractivity contribution in [2.75, 3.05) is 7.11 Å². The molecule has 1 fully saturated rings. The minimum Gasteiger partial charge on any atom is -0.497 e. The zero-order valence-electron chi connectivity index (χ0n) is 16.2. The molecule has 1 aromatic carbocycles. The maximum Gasteiger partial charge on any atom is 0.317 e. The van der Waals surface area contributed by atoms with Gasteiger partial charge in [-0.15, -0.1) is 0 Å². The lowest BCUT2D eigenvalue weighted by atomic mass is 9.93. The summed E-state index contributed by atoms with van der Waals surface area (Å²) in [6, 6.07) is 10.2. The first kappa shape index (κ1) is 19.1. The maximum atomic E-state index is 12.3. The molecule has 2 aromatic rings. The predicted octanol–water partition coefficient (Wildman–Crippen LogP) is 3.15. The lowest BCUT2D eigenvalue weighted by Gasteiger charge is -2.29. The van der Waals surface area contributed by atoms with Crippen molar-refractivity contribution in [3.63, 3.8) is 0 Å². The molecule has 0 bridgehead atoms. The number of benzene rings is 1. The molecule has 0 atom stereocenters. The van der Waals surface area contributed by atoms with Crippen LogP contribution in [-0.4, -0.2) is 35.1 Å². The van der Waals surface area contributed by atoms with E-state index in [9.17, 15) is 4.79 Å². The van der Waals surface area contributed by atoms with Gasteiger partial charge in [-0.2, -0.15) is 0 Å². The number of hydrogen-bond acceptors (Lipinski definition) is 5. The fourth-order valence-electron chi connectivity index (χ4n) is 3.47. The number of nitrogens with zero attached hydrogens (tertiary/aromatic N) is 2. The monoisotopic (exact) mass is 369 g/mol. The zero-order chi connectivity index (χ0) is 19.2. The first-order valence-electron chi connectivity index (χ1n) is 9.43. The Labute approximate surface area is 160 Å². The van der Waals surface area contributed by atoms with E-state index in [1.165, 1.54) is 0 Å². The van der Waals surface area contributed by atoms with Gasteiger partial charge in [-0.1, -0.05) is 12.1 Å². The van der Waals surface area contributed by atoms with Crippen LogP contribution in [0, 0.1) is 13.8 Å². The van der Waals surface area contributed by atoms with E-state index in [1.807, 2.05) is 44.2 Å². The first-order valence-corrected chi connectivity index (χ1v) is 9.43. The fourth-order valence-corrected chi connectivity index (χ4v) is 3.47. The van der Waals surface area contributed by atoms with Gasteiger partial charge in [-0.25, -0.2) is 9.97 Å². The molecule has 1 amide bonds. The fraction of sp³-hybridized carbons (Fsp3) is 0.476. The Morgan fingerprint density at radius 1 is 1.11 bits per heavy atom.